The van der Waals surface area contributed by atoms with Crippen LogP contribution in [-0.4, -0.2) is 4.57 Å². The Labute approximate surface area is 362 Å². The van der Waals surface area contributed by atoms with Crippen LogP contribution in [0, 0.1) is 0 Å². The van der Waals surface area contributed by atoms with E-state index in [-0.39, 0.29) is 11.3 Å². The second kappa shape index (κ2) is 13.4. The molecule has 2 heterocycles. The lowest BCUT2D eigenvalue weighted by Crippen LogP contribution is -2.10. The molecule has 0 amide bonds. The molecule has 3 nitrogen and oxygen atoms in total. The maximum Gasteiger partial charge on any atom is 0.143 e. The predicted octanol–water partition coefficient (Wildman–Crippen LogP) is 15.8. The zero-order chi connectivity index (χ0) is 51.9. The van der Waals surface area contributed by atoms with Crippen molar-refractivity contribution in [2.45, 2.75) is 0 Å². The first-order valence-electron chi connectivity index (χ1n) is 26.5. The number of furan rings is 1. The molecule has 12 aromatic rings. The third-order valence-electron chi connectivity index (χ3n) is 10.8. The van der Waals surface area contributed by atoms with Crippen LogP contribution in [0.15, 0.2) is 222 Å². The minimum atomic E-state index is -0.812. The van der Waals surface area contributed by atoms with Gasteiger partial charge >= 0.3 is 0 Å². The van der Waals surface area contributed by atoms with Crippen LogP contribution in [0.5, 0.6) is 0 Å². The van der Waals surface area contributed by atoms with Gasteiger partial charge in [0.1, 0.15) is 11.2 Å². The Morgan fingerprint density at radius 2 is 1.05 bits per heavy atom. The molecule has 0 unspecified atom stereocenters. The molecule has 0 N–H and O–H groups in total. The van der Waals surface area contributed by atoms with Crippen LogP contribution in [-0.2, 0) is 0 Å². The molecule has 0 saturated heterocycles. The van der Waals surface area contributed by atoms with E-state index in [1.54, 1.807) is 30.3 Å². The largest absolute Gasteiger partial charge is 0.455 e. The summed E-state index contributed by atoms with van der Waals surface area (Å²) < 4.78 is 148. The molecule has 3 heteroatoms. The Bertz CT molecular complexity index is 4350. The summed E-state index contributed by atoms with van der Waals surface area (Å²) in [6.45, 7) is 0. The molecule has 0 bridgehead atoms. The maximum atomic E-state index is 9.96. The fourth-order valence-electron chi connectivity index (χ4n) is 8.23. The molecule has 276 valence electrons. The number of anilines is 3. The lowest BCUT2D eigenvalue weighted by Gasteiger charge is -2.27. The normalized spacial score (nSPS) is 15.3. The van der Waals surface area contributed by atoms with E-state index < -0.39 is 124 Å². The van der Waals surface area contributed by atoms with Crippen LogP contribution >= 0.6 is 0 Å². The number of benzene rings is 10. The van der Waals surface area contributed by atoms with Crippen molar-refractivity contribution < 1.29 is 25.0 Å². The Morgan fingerprint density at radius 3 is 1.81 bits per heavy atom. The summed E-state index contributed by atoms with van der Waals surface area (Å²) in [5.74, 6) is 0. The fourth-order valence-corrected chi connectivity index (χ4v) is 8.23. The van der Waals surface area contributed by atoms with E-state index in [2.05, 4.69) is 0 Å². The molecule has 0 spiro atoms. The summed E-state index contributed by atoms with van der Waals surface area (Å²) in [6, 6.07) is 28.6. The molecule has 59 heavy (non-hydrogen) atoms. The lowest BCUT2D eigenvalue weighted by molar-refractivity contribution is 0.672. The molecule has 0 aliphatic heterocycles. The summed E-state index contributed by atoms with van der Waals surface area (Å²) in [5, 5.41) is 3.61. The van der Waals surface area contributed by atoms with E-state index in [4.69, 9.17) is 14.0 Å². The van der Waals surface area contributed by atoms with Crippen molar-refractivity contribution in [1.29, 1.82) is 0 Å². The van der Waals surface area contributed by atoms with Gasteiger partial charge in [-0.05, 0) is 93.4 Å². The number of rotatable bonds is 6. The monoisotopic (exact) mass is 767 g/mol. The molecule has 0 aliphatic carbocycles. The molecule has 0 atom stereocenters. The SMILES string of the molecule is [2H]c1c([2H])c(N(c2c([2H])c([2H])c(-c3c([2H])c([2H])c([2H])c4c([2H])c([2H])c([2H])c([2H])c34)c([2H])c2[2H])c2cccc3oc4c5ccccc5ccc4c23)c([2H])c([2H])c1-c1ccccc1-n1c2ccccc2c2ccccc21. The Kier molecular flexibility index (Phi) is 4.89. The highest BCUT2D eigenvalue weighted by atomic mass is 16.3. The molecule has 2 aromatic heterocycles. The van der Waals surface area contributed by atoms with Gasteiger partial charge in [0.15, 0.2) is 0 Å². The first kappa shape index (κ1) is 21.6. The number of hydrogen-bond acceptors (Lipinski definition) is 2. The van der Waals surface area contributed by atoms with E-state index in [9.17, 15) is 11.0 Å². The highest BCUT2D eigenvalue weighted by molar-refractivity contribution is 6.19. The minimum absolute atomic E-state index is 0.0436. The van der Waals surface area contributed by atoms with Crippen LogP contribution in [0.25, 0.3) is 93.2 Å². The van der Waals surface area contributed by atoms with Gasteiger partial charge in [-0.1, -0.05) is 157 Å². The van der Waals surface area contributed by atoms with Gasteiger partial charge in [0, 0.05) is 38.5 Å². The number of aromatic nitrogens is 1. The van der Waals surface area contributed by atoms with Crippen LogP contribution < -0.4 is 4.90 Å². The van der Waals surface area contributed by atoms with Crippen molar-refractivity contribution in [3.05, 3.63) is 218 Å². The second-order valence-electron chi connectivity index (χ2n) is 14.1. The van der Waals surface area contributed by atoms with E-state index in [1.807, 2.05) is 102 Å². The quantitative estimate of drug-likeness (QED) is 0.168. The van der Waals surface area contributed by atoms with Gasteiger partial charge in [0.25, 0.3) is 0 Å². The summed E-state index contributed by atoms with van der Waals surface area (Å²) >= 11 is 0. The van der Waals surface area contributed by atoms with Crippen molar-refractivity contribution in [3.63, 3.8) is 0 Å². The first-order chi connectivity index (χ1) is 35.5. The summed E-state index contributed by atoms with van der Waals surface area (Å²) in [4.78, 5) is 1.18. The van der Waals surface area contributed by atoms with Crippen molar-refractivity contribution in [2.24, 2.45) is 0 Å². The van der Waals surface area contributed by atoms with Crippen LogP contribution in [0.2, 0.25) is 0 Å². The number of para-hydroxylation sites is 3. The van der Waals surface area contributed by atoms with Gasteiger partial charge < -0.3 is 13.9 Å². The third kappa shape index (κ3) is 5.29. The third-order valence-corrected chi connectivity index (χ3v) is 10.8. The molecule has 12 rings (SSSR count). The summed E-state index contributed by atoms with van der Waals surface area (Å²) in [7, 11) is 0. The van der Waals surface area contributed by atoms with E-state index in [0.717, 1.165) is 32.6 Å². The molecule has 0 aliphatic rings. The average molecular weight is 768 g/mol. The molecular weight excluding hydrogens is 717 g/mol. The smallest absolute Gasteiger partial charge is 0.143 e. The average Bonchev–Trinajstić information content (AvgIpc) is 3.97. The Hall–Kier alpha value is -7.88. The second-order valence-corrected chi connectivity index (χ2v) is 14.1. The zero-order valence-electron chi connectivity index (χ0n) is 45.9. The fraction of sp³-hybridized carbons (Fsp3) is 0. The lowest BCUT2D eigenvalue weighted by atomic mass is 9.98. The Balaban J connectivity index is 1.18. The van der Waals surface area contributed by atoms with Crippen molar-refractivity contribution in [1.82, 2.24) is 4.57 Å². The van der Waals surface area contributed by atoms with Gasteiger partial charge in [0.05, 0.1) is 48.4 Å². The van der Waals surface area contributed by atoms with Crippen LogP contribution in [0.4, 0.5) is 17.1 Å². The molecule has 0 saturated carbocycles. The van der Waals surface area contributed by atoms with Gasteiger partial charge in [0.2, 0.25) is 0 Å². The maximum absolute atomic E-state index is 9.96. The minimum Gasteiger partial charge on any atom is -0.455 e. The Morgan fingerprint density at radius 1 is 0.424 bits per heavy atom. The first-order valence-corrected chi connectivity index (χ1v) is 19.0. The summed E-state index contributed by atoms with van der Waals surface area (Å²) in [6.07, 6.45) is 0. The van der Waals surface area contributed by atoms with Gasteiger partial charge in [-0.2, -0.15) is 0 Å². The van der Waals surface area contributed by atoms with E-state index >= 15 is 0 Å². The van der Waals surface area contributed by atoms with E-state index in [1.165, 1.54) is 4.90 Å². The number of hydrogen-bond donors (Lipinski definition) is 0. The molecular formula is C56H36N2O. The summed E-state index contributed by atoms with van der Waals surface area (Å²) in [5.41, 5.74) is 1.44. The van der Waals surface area contributed by atoms with Gasteiger partial charge in [-0.25, -0.2) is 0 Å². The van der Waals surface area contributed by atoms with Crippen molar-refractivity contribution >= 4 is 82.4 Å². The topological polar surface area (TPSA) is 21.3 Å². The van der Waals surface area contributed by atoms with Crippen LogP contribution in [0.3, 0.4) is 0 Å². The predicted molar refractivity (Wildman–Crippen MR) is 249 cm³/mol. The highest BCUT2D eigenvalue weighted by Crippen LogP contribution is 2.45. The molecule has 10 aromatic carbocycles. The zero-order valence-corrected chi connectivity index (χ0v) is 30.9. The van der Waals surface area contributed by atoms with Gasteiger partial charge in [-0.3, -0.25) is 0 Å². The number of fused-ring (bicyclic) bond motifs is 9. The molecule has 0 radical (unpaired) electrons. The van der Waals surface area contributed by atoms with Crippen LogP contribution in [0.1, 0.15) is 20.6 Å². The van der Waals surface area contributed by atoms with Crippen molar-refractivity contribution in [2.75, 3.05) is 4.90 Å². The van der Waals surface area contributed by atoms with E-state index in [0.29, 0.717) is 33.2 Å². The van der Waals surface area contributed by atoms with Crippen molar-refractivity contribution in [3.8, 4) is 27.9 Å². The highest BCUT2D eigenvalue weighted by Gasteiger charge is 2.21. The van der Waals surface area contributed by atoms with Gasteiger partial charge in [-0.15, -0.1) is 0 Å². The number of nitrogens with zero attached hydrogens (tertiary/aromatic N) is 2. The standard InChI is InChI=1S/C56H36N2O/c1-3-16-43-37(13-1)15-11-21-44(43)39-27-32-41(33-28-39)57(53-25-12-26-54-55(53)49-36-31-38-14-2-4-18-46(38)56(49)59-54)42-34-29-40(30-35-42)45-17-5-8-22-50(45)58-51-23-9-6-19-47(51)48-20-7-10-24-52(48)58/h1-36H/i1D,3D,11D,13D,15D,16D,21D,27D,28D,29D,30D,32D,33D,34D,35D. The molecule has 0 fully saturated rings.